The topological polar surface area (TPSA) is 103 Å². The maximum absolute atomic E-state index is 11.6. The number of piperidine rings is 1. The number of thiazole rings is 1. The van der Waals surface area contributed by atoms with Gasteiger partial charge in [0.2, 0.25) is 5.95 Å². The van der Waals surface area contributed by atoms with Crippen LogP contribution in [-0.2, 0) is 11.2 Å². The van der Waals surface area contributed by atoms with Crippen LogP contribution in [-0.4, -0.2) is 50.3 Å². The summed E-state index contributed by atoms with van der Waals surface area (Å²) in [6, 6.07) is 14.4. The fraction of sp³-hybridized carbons (Fsp3) is 0.267. The van der Waals surface area contributed by atoms with Gasteiger partial charge in [0, 0.05) is 68.3 Å². The maximum Gasteiger partial charge on any atom is 0.225 e. The molecule has 4 aromatic heterocycles. The molecule has 0 radical (unpaired) electrons. The number of carbonyl (C=O) groups excluding carboxylic acids is 1. The van der Waals surface area contributed by atoms with Crippen LogP contribution < -0.4 is 9.80 Å². The van der Waals surface area contributed by atoms with Crippen molar-refractivity contribution in [3.63, 3.8) is 0 Å². The first-order valence-corrected chi connectivity index (χ1v) is 14.1. The van der Waals surface area contributed by atoms with E-state index in [2.05, 4.69) is 32.3 Å². The van der Waals surface area contributed by atoms with Crippen molar-refractivity contribution < 1.29 is 4.79 Å². The lowest BCUT2D eigenvalue weighted by atomic mass is 10.1. The first-order valence-electron chi connectivity index (χ1n) is 13.3. The number of ketones is 1. The number of nitrogens with zero attached hydrogens (tertiary/aromatic N) is 8. The molecule has 40 heavy (non-hydrogen) atoms. The summed E-state index contributed by atoms with van der Waals surface area (Å²) in [5, 5.41) is 10.6. The van der Waals surface area contributed by atoms with E-state index in [0.29, 0.717) is 48.2 Å². The van der Waals surface area contributed by atoms with E-state index in [9.17, 15) is 10.1 Å². The zero-order valence-electron chi connectivity index (χ0n) is 22.6. The van der Waals surface area contributed by atoms with Crippen LogP contribution in [0.2, 0.25) is 0 Å². The number of fused-ring (bicyclic) bond motifs is 1. The Balaban J connectivity index is 1.35. The predicted octanol–water partition coefficient (Wildman–Crippen LogP) is 5.59. The van der Waals surface area contributed by atoms with Gasteiger partial charge in [-0.1, -0.05) is 48.1 Å². The molecule has 1 saturated heterocycles. The normalized spacial score (nSPS) is 13.6. The summed E-state index contributed by atoms with van der Waals surface area (Å²) in [5.74, 6) is 1.85. The van der Waals surface area contributed by atoms with Crippen molar-refractivity contribution in [2.24, 2.45) is 0 Å². The fourth-order valence-corrected chi connectivity index (χ4v) is 5.81. The minimum absolute atomic E-state index is 0.293. The van der Waals surface area contributed by atoms with Gasteiger partial charge in [0.1, 0.15) is 33.9 Å². The quantitative estimate of drug-likeness (QED) is 0.270. The Kier molecular flexibility index (Phi) is 6.74. The number of hydrogen-bond donors (Lipinski definition) is 0. The van der Waals surface area contributed by atoms with Gasteiger partial charge in [0.15, 0.2) is 5.13 Å². The molecule has 1 aliphatic rings. The van der Waals surface area contributed by atoms with Crippen molar-refractivity contribution in [1.29, 1.82) is 5.26 Å². The number of Topliss-reactive ketones (excluding diaryl/α,β-unsaturated/α-hetero) is 1. The summed E-state index contributed by atoms with van der Waals surface area (Å²) >= 11 is 1.38. The second kappa shape index (κ2) is 10.5. The maximum atomic E-state index is 11.6. The molecule has 9 nitrogen and oxygen atoms in total. The highest BCUT2D eigenvalue weighted by molar-refractivity contribution is 7.16. The van der Waals surface area contributed by atoms with Gasteiger partial charge in [-0.2, -0.15) is 5.26 Å². The number of nitriles is 1. The highest BCUT2D eigenvalue weighted by atomic mass is 32.1. The molecule has 5 aromatic rings. The summed E-state index contributed by atoms with van der Waals surface area (Å²) < 4.78 is 2.07. The van der Waals surface area contributed by atoms with E-state index in [0.717, 1.165) is 51.0 Å². The second-order valence-corrected chi connectivity index (χ2v) is 10.9. The molecule has 0 N–H and O–H groups in total. The molecule has 0 amide bonds. The minimum Gasteiger partial charge on any atom is -0.340 e. The van der Waals surface area contributed by atoms with Gasteiger partial charge < -0.3 is 9.80 Å². The van der Waals surface area contributed by atoms with Crippen LogP contribution in [0.15, 0.2) is 55.0 Å². The zero-order valence-corrected chi connectivity index (χ0v) is 23.4. The van der Waals surface area contributed by atoms with E-state index in [1.807, 2.05) is 73.9 Å². The van der Waals surface area contributed by atoms with Gasteiger partial charge in [-0.3, -0.25) is 9.20 Å². The molecule has 5 heterocycles. The Morgan fingerprint density at radius 1 is 1.00 bits per heavy atom. The third-order valence-corrected chi connectivity index (χ3v) is 8.26. The van der Waals surface area contributed by atoms with Crippen molar-refractivity contribution >= 4 is 39.7 Å². The number of hydrogen-bond acceptors (Lipinski definition) is 9. The van der Waals surface area contributed by atoms with Gasteiger partial charge in [-0.25, -0.2) is 19.9 Å². The smallest absolute Gasteiger partial charge is 0.225 e. The SMILES string of the molecule is CCc1nc2ccc(-c3cnc(N4CCC(=O)CC4)nc3)cn2c1N(C)c1nc(-c2ccc(C)cc2)c(C#N)s1. The lowest BCUT2D eigenvalue weighted by molar-refractivity contribution is -0.119. The average Bonchev–Trinajstić information content (AvgIpc) is 3.59. The molecule has 0 saturated carbocycles. The lowest BCUT2D eigenvalue weighted by Gasteiger charge is -2.25. The largest absolute Gasteiger partial charge is 0.340 e. The van der Waals surface area contributed by atoms with Crippen molar-refractivity contribution in [3.8, 4) is 28.5 Å². The van der Waals surface area contributed by atoms with Gasteiger partial charge in [-0.15, -0.1) is 0 Å². The van der Waals surface area contributed by atoms with E-state index < -0.39 is 0 Å². The molecule has 0 aliphatic carbocycles. The van der Waals surface area contributed by atoms with E-state index in [-0.39, 0.29) is 0 Å². The molecule has 1 aliphatic heterocycles. The predicted molar refractivity (Wildman–Crippen MR) is 157 cm³/mol. The Labute approximate surface area is 236 Å². The third kappa shape index (κ3) is 4.69. The number of benzene rings is 1. The van der Waals surface area contributed by atoms with Crippen LogP contribution in [0.1, 0.15) is 35.9 Å². The number of carbonyl (C=O) groups is 1. The van der Waals surface area contributed by atoms with Gasteiger partial charge in [0.25, 0.3) is 0 Å². The standard InChI is InChI=1S/C30H28N8OS/c1-4-24-28(36(3)30-35-27(25(15-31)40-30)20-7-5-19(2)6-8-20)38-18-21(9-10-26(38)34-24)22-16-32-29(33-17-22)37-13-11-23(39)12-14-37/h5-10,16-18H,4,11-14H2,1-3H3. The summed E-state index contributed by atoms with van der Waals surface area (Å²) in [6.07, 6.45) is 7.53. The molecule has 0 atom stereocenters. The van der Waals surface area contributed by atoms with Crippen LogP contribution >= 0.6 is 11.3 Å². The van der Waals surface area contributed by atoms with Gasteiger partial charge >= 0.3 is 0 Å². The highest BCUT2D eigenvalue weighted by Gasteiger charge is 2.22. The number of anilines is 3. The Morgan fingerprint density at radius 2 is 1.70 bits per heavy atom. The Hall–Kier alpha value is -4.62. The number of rotatable bonds is 6. The summed E-state index contributed by atoms with van der Waals surface area (Å²) in [6.45, 7) is 5.44. The van der Waals surface area contributed by atoms with Crippen LogP contribution in [0.4, 0.5) is 16.9 Å². The highest BCUT2D eigenvalue weighted by Crippen LogP contribution is 2.37. The van der Waals surface area contributed by atoms with Crippen molar-refractivity contribution in [2.75, 3.05) is 29.9 Å². The molecular weight excluding hydrogens is 520 g/mol. The second-order valence-electron chi connectivity index (χ2n) is 9.89. The van der Waals surface area contributed by atoms with E-state index in [1.54, 1.807) is 0 Å². The molecule has 200 valence electrons. The molecule has 10 heteroatoms. The summed E-state index contributed by atoms with van der Waals surface area (Å²) in [5.41, 5.74) is 6.39. The zero-order chi connectivity index (χ0) is 27.8. The first-order chi connectivity index (χ1) is 19.4. The Morgan fingerprint density at radius 3 is 2.38 bits per heavy atom. The fourth-order valence-electron chi connectivity index (χ4n) is 4.96. The van der Waals surface area contributed by atoms with E-state index in [4.69, 9.17) is 9.97 Å². The molecule has 1 fully saturated rings. The van der Waals surface area contributed by atoms with Crippen molar-refractivity contribution in [1.82, 2.24) is 24.3 Å². The summed E-state index contributed by atoms with van der Waals surface area (Å²) in [4.78, 5) is 35.2. The summed E-state index contributed by atoms with van der Waals surface area (Å²) in [7, 11) is 1.97. The van der Waals surface area contributed by atoms with Crippen LogP contribution in [0, 0.1) is 18.3 Å². The third-order valence-electron chi connectivity index (χ3n) is 7.22. The van der Waals surface area contributed by atoms with E-state index in [1.165, 1.54) is 11.3 Å². The van der Waals surface area contributed by atoms with Crippen molar-refractivity contribution in [2.45, 2.75) is 33.1 Å². The molecular formula is C30H28N8OS. The molecule has 0 bridgehead atoms. The number of pyridine rings is 1. The average molecular weight is 549 g/mol. The lowest BCUT2D eigenvalue weighted by Crippen LogP contribution is -2.34. The molecule has 1 aromatic carbocycles. The molecule has 0 unspecified atom stereocenters. The number of imidazole rings is 1. The van der Waals surface area contributed by atoms with Crippen LogP contribution in [0.5, 0.6) is 0 Å². The van der Waals surface area contributed by atoms with Crippen LogP contribution in [0.3, 0.4) is 0 Å². The number of aromatic nitrogens is 5. The van der Waals surface area contributed by atoms with Gasteiger partial charge in [-0.05, 0) is 25.5 Å². The van der Waals surface area contributed by atoms with Crippen LogP contribution in [0.25, 0.3) is 28.0 Å². The monoisotopic (exact) mass is 548 g/mol. The number of aryl methyl sites for hydroxylation is 2. The van der Waals surface area contributed by atoms with Gasteiger partial charge in [0.05, 0.1) is 5.69 Å². The first kappa shape index (κ1) is 25.6. The molecule has 6 rings (SSSR count). The molecule has 0 spiro atoms. The van der Waals surface area contributed by atoms with Crippen molar-refractivity contribution in [3.05, 3.63) is 71.1 Å². The minimum atomic E-state index is 0.293. The van der Waals surface area contributed by atoms with E-state index >= 15 is 0 Å². The Bertz CT molecular complexity index is 1740.